The molecule has 0 saturated heterocycles. The summed E-state index contributed by atoms with van der Waals surface area (Å²) in [5.41, 5.74) is 4.57. The monoisotopic (exact) mass is 177 g/mol. The SMILES string of the molecule is CC(C)(C)C(CCF)OC(N)=O. The molecule has 0 aliphatic heterocycles. The Morgan fingerprint density at radius 1 is 1.58 bits per heavy atom. The van der Waals surface area contributed by atoms with Gasteiger partial charge in [0.15, 0.2) is 0 Å². The quantitative estimate of drug-likeness (QED) is 0.715. The minimum Gasteiger partial charge on any atom is -0.446 e. The van der Waals surface area contributed by atoms with Crippen molar-refractivity contribution in [1.82, 2.24) is 0 Å². The van der Waals surface area contributed by atoms with Crippen LogP contribution in [0.4, 0.5) is 9.18 Å². The van der Waals surface area contributed by atoms with E-state index in [0.29, 0.717) is 0 Å². The Bertz CT molecular complexity index is 154. The molecule has 0 saturated carbocycles. The molecule has 3 nitrogen and oxygen atoms in total. The fraction of sp³-hybridized carbons (Fsp3) is 0.875. The second-order valence-electron chi connectivity index (χ2n) is 3.77. The zero-order valence-electron chi connectivity index (χ0n) is 7.76. The Kier molecular flexibility index (Phi) is 4.00. The molecular formula is C8H16FNO2. The maximum Gasteiger partial charge on any atom is 0.404 e. The third-order valence-corrected chi connectivity index (χ3v) is 1.60. The first-order chi connectivity index (χ1) is 5.38. The molecule has 0 aromatic heterocycles. The van der Waals surface area contributed by atoms with Crippen LogP contribution < -0.4 is 5.73 Å². The lowest BCUT2D eigenvalue weighted by Crippen LogP contribution is -2.34. The number of amides is 1. The maximum absolute atomic E-state index is 12.0. The standard InChI is InChI=1S/C8H16FNO2/c1-8(2,3)6(4-5-9)12-7(10)11/h6H,4-5H2,1-3H3,(H2,10,11). The molecule has 0 fully saturated rings. The number of carbonyl (C=O) groups is 1. The molecule has 0 radical (unpaired) electrons. The van der Waals surface area contributed by atoms with Gasteiger partial charge in [-0.05, 0) is 5.41 Å². The van der Waals surface area contributed by atoms with Gasteiger partial charge in [-0.2, -0.15) is 0 Å². The van der Waals surface area contributed by atoms with Gasteiger partial charge in [0.25, 0.3) is 0 Å². The molecule has 0 aromatic carbocycles. The number of ether oxygens (including phenoxy) is 1. The van der Waals surface area contributed by atoms with Gasteiger partial charge in [-0.15, -0.1) is 0 Å². The summed E-state index contributed by atoms with van der Waals surface area (Å²) in [5, 5.41) is 0. The maximum atomic E-state index is 12.0. The number of carbonyl (C=O) groups excluding carboxylic acids is 1. The zero-order valence-corrected chi connectivity index (χ0v) is 7.76. The Labute approximate surface area is 72.1 Å². The van der Waals surface area contributed by atoms with Crippen LogP contribution in [0.1, 0.15) is 27.2 Å². The lowest BCUT2D eigenvalue weighted by atomic mass is 9.87. The van der Waals surface area contributed by atoms with Crippen LogP contribution in [0.15, 0.2) is 0 Å². The second kappa shape index (κ2) is 4.28. The third-order valence-electron chi connectivity index (χ3n) is 1.60. The number of primary amides is 1. The van der Waals surface area contributed by atoms with Crippen LogP contribution in [0, 0.1) is 5.41 Å². The first kappa shape index (κ1) is 11.2. The van der Waals surface area contributed by atoms with Gasteiger partial charge in [-0.25, -0.2) is 4.79 Å². The second-order valence-corrected chi connectivity index (χ2v) is 3.77. The van der Waals surface area contributed by atoms with Gasteiger partial charge in [-0.3, -0.25) is 4.39 Å². The average molecular weight is 177 g/mol. The number of rotatable bonds is 3. The third kappa shape index (κ3) is 4.16. The van der Waals surface area contributed by atoms with Gasteiger partial charge in [-0.1, -0.05) is 20.8 Å². The first-order valence-electron chi connectivity index (χ1n) is 3.90. The summed E-state index contributed by atoms with van der Waals surface area (Å²) in [6.45, 7) is 5.11. The number of alkyl halides is 1. The Morgan fingerprint density at radius 3 is 2.33 bits per heavy atom. The van der Waals surface area contributed by atoms with Crippen LogP contribution >= 0.6 is 0 Å². The number of hydrogen-bond donors (Lipinski definition) is 1. The molecule has 0 bridgehead atoms. The first-order valence-corrected chi connectivity index (χ1v) is 3.90. The number of hydrogen-bond acceptors (Lipinski definition) is 2. The molecule has 0 aliphatic rings. The highest BCUT2D eigenvalue weighted by molar-refractivity contribution is 5.64. The number of nitrogens with two attached hydrogens (primary N) is 1. The molecule has 0 heterocycles. The molecular weight excluding hydrogens is 161 g/mol. The van der Waals surface area contributed by atoms with Crippen LogP contribution in [-0.4, -0.2) is 18.9 Å². The van der Waals surface area contributed by atoms with Crippen LogP contribution in [0.2, 0.25) is 0 Å². The molecule has 2 N–H and O–H groups in total. The van der Waals surface area contributed by atoms with Crippen molar-refractivity contribution in [3.8, 4) is 0 Å². The normalized spacial score (nSPS) is 14.0. The topological polar surface area (TPSA) is 52.3 Å². The van der Waals surface area contributed by atoms with E-state index in [1.807, 2.05) is 20.8 Å². The summed E-state index contributed by atoms with van der Waals surface area (Å²) in [6, 6.07) is 0. The summed E-state index contributed by atoms with van der Waals surface area (Å²) < 4.78 is 16.7. The molecule has 72 valence electrons. The zero-order chi connectivity index (χ0) is 9.78. The van der Waals surface area contributed by atoms with Crippen molar-refractivity contribution in [1.29, 1.82) is 0 Å². The van der Waals surface area contributed by atoms with Crippen molar-refractivity contribution in [2.45, 2.75) is 33.3 Å². The Hall–Kier alpha value is -0.800. The van der Waals surface area contributed by atoms with Gasteiger partial charge in [0.2, 0.25) is 0 Å². The van der Waals surface area contributed by atoms with E-state index in [1.165, 1.54) is 0 Å². The van der Waals surface area contributed by atoms with Crippen LogP contribution in [0.5, 0.6) is 0 Å². The minimum absolute atomic E-state index is 0.201. The Balaban J connectivity index is 4.13. The van der Waals surface area contributed by atoms with Crippen molar-refractivity contribution in [3.05, 3.63) is 0 Å². The van der Waals surface area contributed by atoms with E-state index in [4.69, 9.17) is 10.5 Å². The predicted octanol–water partition coefficient (Wildman–Crippen LogP) is 1.86. The Morgan fingerprint density at radius 2 is 2.08 bits per heavy atom. The minimum atomic E-state index is -0.844. The van der Waals surface area contributed by atoms with Crippen LogP contribution in [0.3, 0.4) is 0 Å². The van der Waals surface area contributed by atoms with Crippen molar-refractivity contribution < 1.29 is 13.9 Å². The molecule has 1 atom stereocenters. The summed E-state index contributed by atoms with van der Waals surface area (Å²) >= 11 is 0. The predicted molar refractivity (Wildman–Crippen MR) is 44.5 cm³/mol. The molecule has 0 aromatic rings. The molecule has 0 rings (SSSR count). The highest BCUT2D eigenvalue weighted by atomic mass is 19.1. The van der Waals surface area contributed by atoms with Gasteiger partial charge < -0.3 is 10.5 Å². The van der Waals surface area contributed by atoms with Gasteiger partial charge in [0.05, 0.1) is 6.67 Å². The molecule has 1 amide bonds. The molecule has 12 heavy (non-hydrogen) atoms. The molecule has 4 heteroatoms. The fourth-order valence-electron chi connectivity index (χ4n) is 0.908. The summed E-state index contributed by atoms with van der Waals surface area (Å²) in [7, 11) is 0. The molecule has 0 aliphatic carbocycles. The van der Waals surface area contributed by atoms with E-state index in [2.05, 4.69) is 0 Å². The van der Waals surface area contributed by atoms with Crippen molar-refractivity contribution >= 4 is 6.09 Å². The molecule has 0 spiro atoms. The summed E-state index contributed by atoms with van der Waals surface area (Å²) in [6.07, 6.45) is -1.09. The lowest BCUT2D eigenvalue weighted by Gasteiger charge is -2.28. The van der Waals surface area contributed by atoms with E-state index >= 15 is 0 Å². The van der Waals surface area contributed by atoms with E-state index in [9.17, 15) is 9.18 Å². The highest BCUT2D eigenvalue weighted by Gasteiger charge is 2.27. The van der Waals surface area contributed by atoms with E-state index in [0.717, 1.165) is 0 Å². The van der Waals surface area contributed by atoms with Crippen molar-refractivity contribution in [3.63, 3.8) is 0 Å². The van der Waals surface area contributed by atoms with Crippen LogP contribution in [-0.2, 0) is 4.74 Å². The van der Waals surface area contributed by atoms with Gasteiger partial charge >= 0.3 is 6.09 Å². The molecule has 1 unspecified atom stereocenters. The average Bonchev–Trinajstić information content (AvgIpc) is 1.83. The summed E-state index contributed by atoms with van der Waals surface area (Å²) in [4.78, 5) is 10.4. The van der Waals surface area contributed by atoms with E-state index in [-0.39, 0.29) is 11.8 Å². The van der Waals surface area contributed by atoms with E-state index in [1.54, 1.807) is 0 Å². The largest absolute Gasteiger partial charge is 0.446 e. The number of halogens is 1. The van der Waals surface area contributed by atoms with Crippen LogP contribution in [0.25, 0.3) is 0 Å². The summed E-state index contributed by atoms with van der Waals surface area (Å²) in [5.74, 6) is 0. The van der Waals surface area contributed by atoms with Gasteiger partial charge in [0.1, 0.15) is 6.10 Å². The van der Waals surface area contributed by atoms with E-state index < -0.39 is 18.9 Å². The van der Waals surface area contributed by atoms with Crippen molar-refractivity contribution in [2.75, 3.05) is 6.67 Å². The highest BCUT2D eigenvalue weighted by Crippen LogP contribution is 2.24. The lowest BCUT2D eigenvalue weighted by molar-refractivity contribution is 0.0274. The fourth-order valence-corrected chi connectivity index (χ4v) is 0.908. The van der Waals surface area contributed by atoms with Crippen molar-refractivity contribution in [2.24, 2.45) is 11.1 Å². The van der Waals surface area contributed by atoms with Gasteiger partial charge in [0, 0.05) is 6.42 Å². The smallest absolute Gasteiger partial charge is 0.404 e.